The third kappa shape index (κ3) is 6.55. The van der Waals surface area contributed by atoms with E-state index in [-0.39, 0.29) is 34.8 Å². The monoisotopic (exact) mass is 473 g/mol. The summed E-state index contributed by atoms with van der Waals surface area (Å²) in [5.74, 6) is -1.58. The van der Waals surface area contributed by atoms with Gasteiger partial charge in [-0.25, -0.2) is 14.8 Å². The summed E-state index contributed by atoms with van der Waals surface area (Å²) >= 11 is 0. The SMILES string of the molecule is N=C(N)c1ccc(OC(=O)c2ccc(N=C(N)N)cc2)c(NC(=O)c2ccc(N=C(N)N)cc2)c1. The first kappa shape index (κ1) is 24.3. The quantitative estimate of drug-likeness (QED) is 0.114. The molecule has 0 saturated heterocycles. The van der Waals surface area contributed by atoms with E-state index in [1.54, 1.807) is 24.3 Å². The molecule has 3 aromatic carbocycles. The number of rotatable bonds is 7. The molecule has 0 heterocycles. The third-order valence-corrected chi connectivity index (χ3v) is 4.49. The van der Waals surface area contributed by atoms with Gasteiger partial charge in [-0.1, -0.05) is 0 Å². The van der Waals surface area contributed by atoms with Crippen LogP contribution in [0.4, 0.5) is 17.1 Å². The van der Waals surface area contributed by atoms with Crippen LogP contribution in [0.5, 0.6) is 5.75 Å². The number of nitrogens with one attached hydrogen (secondary N) is 2. The molecule has 0 aliphatic heterocycles. The predicted molar refractivity (Wildman–Crippen MR) is 134 cm³/mol. The number of hydrogen-bond donors (Lipinski definition) is 7. The highest BCUT2D eigenvalue weighted by Gasteiger charge is 2.16. The van der Waals surface area contributed by atoms with Crippen molar-refractivity contribution in [2.24, 2.45) is 38.7 Å². The van der Waals surface area contributed by atoms with E-state index < -0.39 is 11.9 Å². The van der Waals surface area contributed by atoms with Gasteiger partial charge in [0.05, 0.1) is 22.6 Å². The normalized spacial score (nSPS) is 10.1. The predicted octanol–water partition coefficient (Wildman–Crippen LogP) is 1.25. The molecule has 3 aromatic rings. The molecule has 1 amide bonds. The number of carbonyl (C=O) groups is 2. The van der Waals surface area contributed by atoms with Crippen LogP contribution in [0.25, 0.3) is 0 Å². The second kappa shape index (κ2) is 10.5. The number of amidine groups is 1. The summed E-state index contributed by atoms with van der Waals surface area (Å²) < 4.78 is 5.49. The Bertz CT molecular complexity index is 1320. The minimum absolute atomic E-state index is 0.0544. The molecule has 0 radical (unpaired) electrons. The summed E-state index contributed by atoms with van der Waals surface area (Å²) in [6, 6.07) is 16.6. The van der Waals surface area contributed by atoms with Crippen LogP contribution < -0.4 is 38.7 Å². The van der Waals surface area contributed by atoms with Crippen molar-refractivity contribution in [3.8, 4) is 5.75 Å². The fourth-order valence-electron chi connectivity index (χ4n) is 2.90. The summed E-state index contributed by atoms with van der Waals surface area (Å²) in [6.07, 6.45) is 0. The summed E-state index contributed by atoms with van der Waals surface area (Å²) in [7, 11) is 0. The summed E-state index contributed by atoms with van der Waals surface area (Å²) in [6.45, 7) is 0. The van der Waals surface area contributed by atoms with Gasteiger partial charge in [0.25, 0.3) is 5.91 Å². The Morgan fingerprint density at radius 3 is 1.69 bits per heavy atom. The lowest BCUT2D eigenvalue weighted by molar-refractivity contribution is 0.0734. The number of hydrogen-bond acceptors (Lipinski definition) is 6. The molecule has 178 valence electrons. The lowest BCUT2D eigenvalue weighted by Crippen LogP contribution is -2.21. The number of guanidine groups is 2. The minimum Gasteiger partial charge on any atom is -0.421 e. The highest BCUT2D eigenvalue weighted by molar-refractivity contribution is 6.06. The molecule has 12 N–H and O–H groups in total. The van der Waals surface area contributed by atoms with E-state index in [1.165, 1.54) is 42.5 Å². The van der Waals surface area contributed by atoms with Crippen molar-refractivity contribution >= 4 is 46.7 Å². The molecule has 35 heavy (non-hydrogen) atoms. The summed E-state index contributed by atoms with van der Waals surface area (Å²) in [5, 5.41) is 10.3. The van der Waals surface area contributed by atoms with Gasteiger partial charge < -0.3 is 38.7 Å². The number of ether oxygens (including phenoxy) is 1. The van der Waals surface area contributed by atoms with Gasteiger partial charge in [0.2, 0.25) is 0 Å². The molecule has 0 unspecified atom stereocenters. The molecule has 12 nitrogen and oxygen atoms in total. The Kier molecular flexibility index (Phi) is 7.27. The van der Waals surface area contributed by atoms with Crippen molar-refractivity contribution in [1.29, 1.82) is 5.41 Å². The first-order chi connectivity index (χ1) is 16.6. The molecule has 0 atom stereocenters. The fourth-order valence-corrected chi connectivity index (χ4v) is 2.90. The number of nitrogens with two attached hydrogens (primary N) is 5. The molecule has 0 aliphatic carbocycles. The zero-order valence-corrected chi connectivity index (χ0v) is 18.4. The Labute approximate surface area is 200 Å². The van der Waals surface area contributed by atoms with Crippen molar-refractivity contribution in [3.05, 3.63) is 83.4 Å². The van der Waals surface area contributed by atoms with Crippen LogP contribution >= 0.6 is 0 Å². The molecule has 12 heteroatoms. The van der Waals surface area contributed by atoms with E-state index in [1.807, 2.05) is 0 Å². The molecule has 0 fully saturated rings. The maximum absolute atomic E-state index is 12.8. The van der Waals surface area contributed by atoms with E-state index in [9.17, 15) is 9.59 Å². The Hall–Kier alpha value is -5.39. The van der Waals surface area contributed by atoms with Crippen LogP contribution in [0.15, 0.2) is 76.7 Å². The molecule has 0 aliphatic rings. The van der Waals surface area contributed by atoms with Gasteiger partial charge in [0, 0.05) is 11.1 Å². The van der Waals surface area contributed by atoms with Gasteiger partial charge in [-0.3, -0.25) is 10.2 Å². The van der Waals surface area contributed by atoms with Crippen molar-refractivity contribution in [3.63, 3.8) is 0 Å². The largest absolute Gasteiger partial charge is 0.421 e. The zero-order chi connectivity index (χ0) is 25.5. The Morgan fingerprint density at radius 1 is 0.714 bits per heavy atom. The van der Waals surface area contributed by atoms with Crippen molar-refractivity contribution in [2.75, 3.05) is 5.32 Å². The fraction of sp³-hybridized carbons (Fsp3) is 0. The number of anilines is 1. The number of amides is 1. The molecule has 0 spiro atoms. The molecule has 0 bridgehead atoms. The van der Waals surface area contributed by atoms with E-state index in [2.05, 4.69) is 15.3 Å². The van der Waals surface area contributed by atoms with Crippen LogP contribution in [0.2, 0.25) is 0 Å². The zero-order valence-electron chi connectivity index (χ0n) is 18.4. The van der Waals surface area contributed by atoms with Crippen LogP contribution in [0.1, 0.15) is 26.3 Å². The third-order valence-electron chi connectivity index (χ3n) is 4.49. The first-order valence-electron chi connectivity index (χ1n) is 10.0. The second-order valence-corrected chi connectivity index (χ2v) is 7.14. The van der Waals surface area contributed by atoms with Gasteiger partial charge >= 0.3 is 5.97 Å². The number of carbonyl (C=O) groups excluding carboxylic acids is 2. The number of nitrogen functional groups attached to an aromatic ring is 1. The van der Waals surface area contributed by atoms with E-state index in [4.69, 9.17) is 38.8 Å². The van der Waals surface area contributed by atoms with Crippen LogP contribution in [0, 0.1) is 5.41 Å². The number of aliphatic imine (C=N–C) groups is 2. The molecular formula is C23H23N9O3. The lowest BCUT2D eigenvalue weighted by Gasteiger charge is -2.13. The molecular weight excluding hydrogens is 450 g/mol. The maximum Gasteiger partial charge on any atom is 0.343 e. The second-order valence-electron chi connectivity index (χ2n) is 7.14. The summed E-state index contributed by atoms with van der Waals surface area (Å²) in [5.41, 5.74) is 28.9. The highest BCUT2D eigenvalue weighted by Crippen LogP contribution is 2.28. The molecule has 0 saturated carbocycles. The maximum atomic E-state index is 12.8. The van der Waals surface area contributed by atoms with Gasteiger partial charge in [0.15, 0.2) is 17.7 Å². The first-order valence-corrected chi connectivity index (χ1v) is 10.0. The minimum atomic E-state index is -0.686. The topological polar surface area (TPSA) is 234 Å². The smallest absolute Gasteiger partial charge is 0.343 e. The van der Waals surface area contributed by atoms with Crippen molar-refractivity contribution in [1.82, 2.24) is 0 Å². The van der Waals surface area contributed by atoms with Gasteiger partial charge in [0.1, 0.15) is 5.84 Å². The average molecular weight is 473 g/mol. The standard InChI is InChI=1S/C23H23N9O3/c24-19(25)14-5-10-18(35-21(34)13-3-8-16(9-4-13)31-23(28)29)17(11-14)32-20(33)12-1-6-15(7-2-12)30-22(26)27/h1-11H,(H3,24,25)(H,32,33)(H4,26,27,30)(H4,28,29,31). The number of benzene rings is 3. The van der Waals surface area contributed by atoms with Crippen LogP contribution in [-0.2, 0) is 0 Å². The van der Waals surface area contributed by atoms with Crippen LogP contribution in [0.3, 0.4) is 0 Å². The lowest BCUT2D eigenvalue weighted by atomic mass is 10.1. The number of esters is 1. The van der Waals surface area contributed by atoms with Gasteiger partial charge in [-0.2, -0.15) is 0 Å². The van der Waals surface area contributed by atoms with E-state index in [0.29, 0.717) is 22.5 Å². The van der Waals surface area contributed by atoms with Crippen molar-refractivity contribution in [2.45, 2.75) is 0 Å². The van der Waals surface area contributed by atoms with Gasteiger partial charge in [-0.15, -0.1) is 0 Å². The highest BCUT2D eigenvalue weighted by atomic mass is 16.5. The summed E-state index contributed by atoms with van der Waals surface area (Å²) in [4.78, 5) is 33.3. The average Bonchev–Trinajstić information content (AvgIpc) is 2.80. The van der Waals surface area contributed by atoms with Gasteiger partial charge in [-0.05, 0) is 66.7 Å². The van der Waals surface area contributed by atoms with Crippen LogP contribution in [-0.4, -0.2) is 29.6 Å². The number of nitrogens with zero attached hydrogens (tertiary/aromatic N) is 2. The molecule has 0 aromatic heterocycles. The van der Waals surface area contributed by atoms with Crippen molar-refractivity contribution < 1.29 is 14.3 Å². The Balaban J connectivity index is 1.84. The molecule has 3 rings (SSSR count). The Morgan fingerprint density at radius 2 is 1.20 bits per heavy atom. The van der Waals surface area contributed by atoms with E-state index >= 15 is 0 Å². The van der Waals surface area contributed by atoms with E-state index in [0.717, 1.165) is 0 Å².